The van der Waals surface area contributed by atoms with Crippen LogP contribution in [0, 0.1) is 0 Å². The summed E-state index contributed by atoms with van der Waals surface area (Å²) in [6.07, 6.45) is 5.51. The number of hydrogen-bond donors (Lipinski definition) is 1. The Morgan fingerprint density at radius 1 is 0.750 bits per heavy atom. The molecule has 0 radical (unpaired) electrons. The molecule has 0 aliphatic carbocycles. The Morgan fingerprint density at radius 2 is 1.34 bits per heavy atom. The van der Waals surface area contributed by atoms with E-state index in [1.54, 1.807) is 24.3 Å². The highest BCUT2D eigenvalue weighted by Gasteiger charge is 2.35. The summed E-state index contributed by atoms with van der Waals surface area (Å²) in [7, 11) is 4.45. The number of anilines is 1. The third-order valence-electron chi connectivity index (χ3n) is 8.82. The van der Waals surface area contributed by atoms with Gasteiger partial charge in [-0.15, -0.1) is 0 Å². The van der Waals surface area contributed by atoms with Gasteiger partial charge >= 0.3 is 6.09 Å². The zero-order valence-electron chi connectivity index (χ0n) is 26.0. The van der Waals surface area contributed by atoms with Crippen LogP contribution in [0.2, 0.25) is 0 Å². The number of fused-ring (bicyclic) bond motifs is 1. The molecular formula is C36H45N4O4+. The second kappa shape index (κ2) is 14.6. The second-order valence-electron chi connectivity index (χ2n) is 12.6. The maximum atomic E-state index is 12.7. The Kier molecular flexibility index (Phi) is 10.5. The van der Waals surface area contributed by atoms with Gasteiger partial charge in [-0.05, 0) is 62.4 Å². The molecule has 0 atom stereocenters. The fourth-order valence-electron chi connectivity index (χ4n) is 6.27. The molecule has 1 saturated heterocycles. The maximum Gasteiger partial charge on any atom is 0.411 e. The van der Waals surface area contributed by atoms with Gasteiger partial charge in [-0.25, -0.2) is 4.79 Å². The van der Waals surface area contributed by atoms with Crippen molar-refractivity contribution in [2.75, 3.05) is 58.7 Å². The number of carbonyl (C=O) groups is 3. The molecule has 3 aromatic rings. The van der Waals surface area contributed by atoms with Crippen LogP contribution < -0.4 is 5.32 Å². The zero-order chi connectivity index (χ0) is 30.9. The molecule has 2 aliphatic rings. The smallest absolute Gasteiger partial charge is 0.411 e. The van der Waals surface area contributed by atoms with Crippen LogP contribution in [0.4, 0.5) is 10.5 Å². The van der Waals surface area contributed by atoms with E-state index in [1.165, 1.54) is 11.3 Å². The molecule has 2 aliphatic heterocycles. The highest BCUT2D eigenvalue weighted by atomic mass is 16.6. The van der Waals surface area contributed by atoms with E-state index in [1.807, 2.05) is 54.6 Å². The average molecular weight is 598 g/mol. The molecule has 3 aromatic carbocycles. The van der Waals surface area contributed by atoms with Crippen molar-refractivity contribution in [3.63, 3.8) is 0 Å². The maximum absolute atomic E-state index is 12.7. The normalized spacial score (nSPS) is 15.8. The Morgan fingerprint density at radius 3 is 2.02 bits per heavy atom. The molecule has 0 bridgehead atoms. The molecule has 0 aromatic heterocycles. The van der Waals surface area contributed by atoms with E-state index in [2.05, 4.69) is 24.3 Å². The van der Waals surface area contributed by atoms with Crippen molar-refractivity contribution in [1.29, 1.82) is 0 Å². The van der Waals surface area contributed by atoms with Crippen molar-refractivity contribution in [2.45, 2.75) is 44.6 Å². The van der Waals surface area contributed by atoms with Gasteiger partial charge < -0.3 is 14.1 Å². The fraction of sp³-hybridized carbons (Fsp3) is 0.417. The number of carbonyl (C=O) groups excluding carboxylic acids is 3. The second-order valence-corrected chi connectivity index (χ2v) is 12.6. The first-order valence-electron chi connectivity index (χ1n) is 15.9. The molecule has 1 fully saturated rings. The lowest BCUT2D eigenvalue weighted by molar-refractivity contribution is -0.890. The number of amides is 3. The molecule has 0 unspecified atom stereocenters. The van der Waals surface area contributed by atoms with Crippen molar-refractivity contribution in [1.82, 2.24) is 9.80 Å². The number of rotatable bonds is 13. The Hall–Kier alpha value is -4.01. The Bertz CT molecular complexity index is 1400. The van der Waals surface area contributed by atoms with Crippen molar-refractivity contribution in [2.24, 2.45) is 0 Å². The van der Waals surface area contributed by atoms with Gasteiger partial charge in [-0.2, -0.15) is 0 Å². The molecule has 8 heteroatoms. The summed E-state index contributed by atoms with van der Waals surface area (Å²) < 4.78 is 6.67. The molecule has 2 heterocycles. The monoisotopic (exact) mass is 597 g/mol. The van der Waals surface area contributed by atoms with E-state index in [0.29, 0.717) is 17.7 Å². The van der Waals surface area contributed by atoms with Crippen LogP contribution in [0.1, 0.15) is 59.2 Å². The summed E-state index contributed by atoms with van der Waals surface area (Å²) in [5.74, 6) is -0.334. The quantitative estimate of drug-likeness (QED) is 0.142. The van der Waals surface area contributed by atoms with Crippen molar-refractivity contribution in [3.8, 4) is 11.1 Å². The van der Waals surface area contributed by atoms with Crippen LogP contribution in [-0.2, 0) is 4.74 Å². The van der Waals surface area contributed by atoms with E-state index < -0.39 is 6.09 Å². The summed E-state index contributed by atoms with van der Waals surface area (Å²) in [5, 5.41) is 2.95. The number of unbranched alkanes of at least 4 members (excludes halogenated alkanes) is 2. The molecule has 232 valence electrons. The van der Waals surface area contributed by atoms with Crippen molar-refractivity contribution in [3.05, 3.63) is 90.0 Å². The van der Waals surface area contributed by atoms with Crippen LogP contribution in [0.3, 0.4) is 0 Å². The molecule has 0 saturated carbocycles. The average Bonchev–Trinajstić information content (AvgIpc) is 3.27. The highest BCUT2D eigenvalue weighted by molar-refractivity contribution is 6.21. The molecule has 8 nitrogen and oxygen atoms in total. The lowest BCUT2D eigenvalue weighted by atomic mass is 10.0. The third kappa shape index (κ3) is 8.12. The van der Waals surface area contributed by atoms with Gasteiger partial charge in [0, 0.05) is 31.6 Å². The first-order valence-corrected chi connectivity index (χ1v) is 15.9. The van der Waals surface area contributed by atoms with Gasteiger partial charge in [-0.3, -0.25) is 19.8 Å². The van der Waals surface area contributed by atoms with Gasteiger partial charge in [-0.1, -0.05) is 60.7 Å². The van der Waals surface area contributed by atoms with Crippen molar-refractivity contribution >= 4 is 23.6 Å². The molecule has 0 spiro atoms. The summed E-state index contributed by atoms with van der Waals surface area (Å²) >= 11 is 0. The minimum Gasteiger partial charge on any atom is -0.446 e. The SMILES string of the molecule is C[N+](C)(CCCCCN1CCC(OC(=O)Nc2ccccc2-c2ccccc2)CC1)CCCN1C(=O)c2ccccc2C1=O. The minimum absolute atomic E-state index is 0.0615. The van der Waals surface area contributed by atoms with Gasteiger partial charge in [0.25, 0.3) is 11.8 Å². The number of nitrogens with one attached hydrogen (secondary N) is 1. The topological polar surface area (TPSA) is 79.0 Å². The largest absolute Gasteiger partial charge is 0.446 e. The predicted molar refractivity (Wildman–Crippen MR) is 174 cm³/mol. The lowest BCUT2D eigenvalue weighted by Gasteiger charge is -2.32. The molecule has 1 N–H and O–H groups in total. The highest BCUT2D eigenvalue weighted by Crippen LogP contribution is 2.28. The van der Waals surface area contributed by atoms with E-state index in [0.717, 1.165) is 86.1 Å². The summed E-state index contributed by atoms with van der Waals surface area (Å²) in [6.45, 7) is 5.41. The number of imide groups is 1. The minimum atomic E-state index is -0.392. The van der Waals surface area contributed by atoms with Crippen LogP contribution in [0.25, 0.3) is 11.1 Å². The molecule has 44 heavy (non-hydrogen) atoms. The van der Waals surface area contributed by atoms with Crippen LogP contribution in [0.15, 0.2) is 78.9 Å². The number of quaternary nitrogens is 1. The number of benzene rings is 3. The standard InChI is InChI=1S/C36H44N4O4/c1-40(2,27-13-23-39-34(41)31-17-7-8-18-32(31)35(39)42)26-12-4-11-22-38-24-20-29(21-25-38)44-36(43)37-33-19-10-9-16-30(33)28-14-5-3-6-15-28/h3,5-10,14-19,29H,4,11-13,20-27H2,1-2H3/p+1. The van der Waals surface area contributed by atoms with E-state index in [9.17, 15) is 14.4 Å². The first kappa shape index (κ1) is 31.4. The molecule has 3 amide bonds. The van der Waals surface area contributed by atoms with Crippen LogP contribution in [0.5, 0.6) is 0 Å². The summed E-state index contributed by atoms with van der Waals surface area (Å²) in [5.41, 5.74) is 3.83. The Labute approximate surface area is 261 Å². The van der Waals surface area contributed by atoms with E-state index in [4.69, 9.17) is 4.74 Å². The number of piperidine rings is 1. The number of likely N-dealkylation sites (tertiary alicyclic amines) is 1. The number of hydrogen-bond acceptors (Lipinski definition) is 5. The van der Waals surface area contributed by atoms with Gasteiger partial charge in [0.2, 0.25) is 0 Å². The fourth-order valence-corrected chi connectivity index (χ4v) is 6.27. The summed E-state index contributed by atoms with van der Waals surface area (Å²) in [4.78, 5) is 41.8. The number of ether oxygens (including phenoxy) is 1. The first-order chi connectivity index (χ1) is 21.3. The molecule has 5 rings (SSSR count). The molecular weight excluding hydrogens is 552 g/mol. The van der Waals surface area contributed by atoms with E-state index >= 15 is 0 Å². The van der Waals surface area contributed by atoms with Gasteiger partial charge in [0.15, 0.2) is 0 Å². The predicted octanol–water partition coefficient (Wildman–Crippen LogP) is 6.30. The lowest BCUT2D eigenvalue weighted by Crippen LogP contribution is -2.43. The summed E-state index contributed by atoms with van der Waals surface area (Å²) in [6, 6.07) is 24.9. The number of para-hydroxylation sites is 1. The van der Waals surface area contributed by atoms with Crippen LogP contribution >= 0.6 is 0 Å². The van der Waals surface area contributed by atoms with Crippen LogP contribution in [-0.4, -0.2) is 91.7 Å². The van der Waals surface area contributed by atoms with Crippen molar-refractivity contribution < 1.29 is 23.6 Å². The zero-order valence-corrected chi connectivity index (χ0v) is 26.0. The van der Waals surface area contributed by atoms with Gasteiger partial charge in [0.05, 0.1) is 44.0 Å². The Balaban J connectivity index is 0.940. The van der Waals surface area contributed by atoms with Gasteiger partial charge in [0.1, 0.15) is 6.10 Å². The third-order valence-corrected chi connectivity index (χ3v) is 8.82. The number of nitrogens with zero attached hydrogens (tertiary/aromatic N) is 3. The van der Waals surface area contributed by atoms with E-state index in [-0.39, 0.29) is 17.9 Å².